The molecule has 0 unspecified atom stereocenters. The van der Waals surface area contributed by atoms with Gasteiger partial charge in [0.25, 0.3) is 5.70 Å². The number of rotatable bonds is 2. The first-order valence-corrected chi connectivity index (χ1v) is 20.6. The quantitative estimate of drug-likeness (QED) is 0.0990. The van der Waals surface area contributed by atoms with E-state index in [0.29, 0.717) is 44.5 Å². The lowest BCUT2D eigenvalue weighted by Crippen LogP contribution is -2.27. The highest BCUT2D eigenvalue weighted by Gasteiger charge is 2.49. The Balaban J connectivity index is 1.10. The number of carbonyl (C=O) groups is 2. The van der Waals surface area contributed by atoms with E-state index in [1.165, 1.54) is 46.1 Å². The van der Waals surface area contributed by atoms with Crippen LogP contribution in [0.3, 0.4) is 0 Å². The molecule has 6 aromatic rings. The summed E-state index contributed by atoms with van der Waals surface area (Å²) in [5.41, 5.74) is 6.36. The van der Waals surface area contributed by atoms with Crippen LogP contribution in [0.25, 0.3) is 56.7 Å². The summed E-state index contributed by atoms with van der Waals surface area (Å²) in [5, 5.41) is 29.5. The first kappa shape index (κ1) is 32.7. The van der Waals surface area contributed by atoms with Gasteiger partial charge in [0.05, 0.1) is 31.8 Å². The number of thiophene rings is 4. The molecule has 0 N–H and O–H groups in total. The number of ketones is 2. The molecule has 10 rings (SSSR count). The number of nitrogens with zero attached hydrogens (tertiary/aromatic N) is 4. The van der Waals surface area contributed by atoms with Gasteiger partial charge in [-0.25, -0.2) is 10.1 Å². The highest BCUT2D eigenvalue weighted by atomic mass is 32.1. The summed E-state index contributed by atoms with van der Waals surface area (Å²) in [7, 11) is 0. The molecule has 54 heavy (non-hydrogen) atoms. The standard InChI is InChI=1S/C44H22N4O2S4/c1-48-31(21-47)35-26-10-4-6-12-28(26)39(50)30(35)16-24-18-33-41(52-24)37-43(54-33)42-36(44(37)13-7-2-8-14-44)40-32(53-42)17-23(51-40)15-29-34(22(19-45)20-46)25-9-3-5-11-27(25)38(29)49/h3-6,9-12,15-18H,2,7-8,13-14H2/b29-15+,30-16-,35-31+. The first-order chi connectivity index (χ1) is 26.4. The Morgan fingerprint density at radius 3 is 1.63 bits per heavy atom. The second-order valence-electron chi connectivity index (χ2n) is 13.7. The number of fused-ring (bicyclic) bond motifs is 11. The number of benzene rings is 2. The lowest BCUT2D eigenvalue weighted by Gasteiger charge is -2.35. The summed E-state index contributed by atoms with van der Waals surface area (Å²) in [6.07, 6.45) is 9.25. The molecule has 1 spiro atoms. The smallest absolute Gasteiger partial charge is 0.270 e. The first-order valence-electron chi connectivity index (χ1n) is 17.3. The molecule has 0 amide bonds. The van der Waals surface area contributed by atoms with Crippen LogP contribution >= 0.6 is 45.3 Å². The third-order valence-electron chi connectivity index (χ3n) is 11.0. The van der Waals surface area contributed by atoms with Crippen LogP contribution in [0.5, 0.6) is 0 Å². The summed E-state index contributed by atoms with van der Waals surface area (Å²) >= 11 is 6.97. The molecule has 1 saturated carbocycles. The highest BCUT2D eigenvalue weighted by molar-refractivity contribution is 7.35. The van der Waals surface area contributed by atoms with E-state index in [-0.39, 0.29) is 28.3 Å². The van der Waals surface area contributed by atoms with Crippen molar-refractivity contribution in [2.45, 2.75) is 37.5 Å². The Hall–Kier alpha value is -5.98. The van der Waals surface area contributed by atoms with Crippen LogP contribution in [-0.4, -0.2) is 11.6 Å². The molecule has 0 radical (unpaired) electrons. The van der Waals surface area contributed by atoms with Crippen molar-refractivity contribution in [3.63, 3.8) is 0 Å². The number of nitriles is 3. The van der Waals surface area contributed by atoms with Gasteiger partial charge in [-0.2, -0.15) is 10.5 Å². The average molecular weight is 767 g/mol. The van der Waals surface area contributed by atoms with Gasteiger partial charge in [-0.3, -0.25) is 9.59 Å². The molecule has 1 fully saturated rings. The van der Waals surface area contributed by atoms with Crippen molar-refractivity contribution in [1.82, 2.24) is 0 Å². The average Bonchev–Trinajstić information content (AvgIpc) is 4.04. The molecule has 4 aliphatic rings. The van der Waals surface area contributed by atoms with Gasteiger partial charge in [0.15, 0.2) is 11.6 Å². The zero-order valence-electron chi connectivity index (χ0n) is 28.2. The molecule has 2 aromatic carbocycles. The molecule has 0 bridgehead atoms. The number of hydrogen-bond acceptors (Lipinski definition) is 9. The molecule has 0 aliphatic heterocycles. The molecule has 4 heterocycles. The number of hydrogen-bond donors (Lipinski definition) is 0. The summed E-state index contributed by atoms with van der Waals surface area (Å²) in [5.74, 6) is -0.343. The molecule has 10 heteroatoms. The fraction of sp³-hybridized carbons (Fsp3) is 0.136. The monoisotopic (exact) mass is 766 g/mol. The van der Waals surface area contributed by atoms with Crippen LogP contribution in [-0.2, 0) is 5.41 Å². The van der Waals surface area contributed by atoms with E-state index in [0.717, 1.165) is 35.4 Å². The lowest BCUT2D eigenvalue weighted by atomic mass is 9.68. The maximum Gasteiger partial charge on any atom is 0.270 e. The van der Waals surface area contributed by atoms with Crippen LogP contribution in [0, 0.1) is 40.6 Å². The molecular formula is C44H22N4O2S4. The van der Waals surface area contributed by atoms with Gasteiger partial charge in [-0.05, 0) is 48.3 Å². The van der Waals surface area contributed by atoms with E-state index >= 15 is 0 Å². The Morgan fingerprint density at radius 2 is 1.15 bits per heavy atom. The second kappa shape index (κ2) is 12.0. The maximum atomic E-state index is 13.7. The van der Waals surface area contributed by atoms with Crippen LogP contribution in [0.2, 0.25) is 0 Å². The van der Waals surface area contributed by atoms with Gasteiger partial charge < -0.3 is 0 Å². The Kier molecular flexibility index (Phi) is 7.27. The van der Waals surface area contributed by atoms with Gasteiger partial charge >= 0.3 is 0 Å². The van der Waals surface area contributed by atoms with Crippen molar-refractivity contribution in [3.05, 3.63) is 138 Å². The van der Waals surface area contributed by atoms with Crippen LogP contribution in [0.15, 0.2) is 83.1 Å². The summed E-state index contributed by atoms with van der Waals surface area (Å²) in [6.45, 7) is 7.67. The predicted octanol–water partition coefficient (Wildman–Crippen LogP) is 12.0. The Morgan fingerprint density at radius 1 is 0.667 bits per heavy atom. The summed E-state index contributed by atoms with van der Waals surface area (Å²) in [6, 6.07) is 24.7. The van der Waals surface area contributed by atoms with E-state index in [9.17, 15) is 25.4 Å². The molecule has 4 aliphatic carbocycles. The SMILES string of the molecule is [C-]#[N+]/C(C#N)=C1/C(=C/c2cc3sc4c(c3s2)C2(CCCCC2)c2c-4sc3cc(/C=C4/C(=O)c5ccccc5C4=C(C#N)C#N)sc23)C(=O)c2ccccc21. The molecule has 254 valence electrons. The lowest BCUT2D eigenvalue weighted by molar-refractivity contribution is 0.103. The van der Waals surface area contributed by atoms with Gasteiger partial charge in [-0.15, -0.1) is 45.3 Å². The maximum absolute atomic E-state index is 13.7. The summed E-state index contributed by atoms with van der Waals surface area (Å²) in [4.78, 5) is 35.3. The Labute approximate surface area is 325 Å². The highest BCUT2D eigenvalue weighted by Crippen LogP contribution is 2.66. The molecule has 4 aromatic heterocycles. The molecule has 0 saturated heterocycles. The van der Waals surface area contributed by atoms with Crippen molar-refractivity contribution in [2.75, 3.05) is 0 Å². The van der Waals surface area contributed by atoms with Crippen molar-refractivity contribution < 1.29 is 9.59 Å². The normalized spacial score (nSPS) is 18.8. The number of Topliss-reactive ketones (excluding diaryl/α,β-unsaturated/α-hetero) is 2. The van der Waals surface area contributed by atoms with E-state index in [1.54, 1.807) is 81.7 Å². The van der Waals surface area contributed by atoms with Crippen LogP contribution < -0.4 is 0 Å². The molecule has 0 atom stereocenters. The largest absolute Gasteiger partial charge is 0.289 e. The van der Waals surface area contributed by atoms with Gasteiger partial charge in [-0.1, -0.05) is 67.8 Å². The van der Waals surface area contributed by atoms with Gasteiger partial charge in [0, 0.05) is 69.1 Å². The third kappa shape index (κ3) is 4.37. The predicted molar refractivity (Wildman–Crippen MR) is 217 cm³/mol. The van der Waals surface area contributed by atoms with Gasteiger partial charge in [0.2, 0.25) is 0 Å². The third-order valence-corrected chi connectivity index (χ3v) is 15.9. The van der Waals surface area contributed by atoms with Crippen molar-refractivity contribution in [1.29, 1.82) is 15.8 Å². The fourth-order valence-electron chi connectivity index (χ4n) is 8.89. The van der Waals surface area contributed by atoms with Crippen LogP contribution in [0.1, 0.15) is 84.8 Å². The fourth-order valence-corrected chi connectivity index (χ4v) is 14.6. The minimum Gasteiger partial charge on any atom is -0.289 e. The zero-order valence-corrected chi connectivity index (χ0v) is 31.5. The van der Waals surface area contributed by atoms with E-state index in [1.807, 2.05) is 42.5 Å². The zero-order chi connectivity index (χ0) is 36.9. The molecular weight excluding hydrogens is 745 g/mol. The Bertz CT molecular complexity index is 2830. The minimum absolute atomic E-state index is 0.0645. The topological polar surface area (TPSA) is 110 Å². The van der Waals surface area contributed by atoms with Crippen molar-refractivity contribution in [2.24, 2.45) is 0 Å². The summed E-state index contributed by atoms with van der Waals surface area (Å²) < 4.78 is 4.83. The van der Waals surface area contributed by atoms with Crippen molar-refractivity contribution >= 4 is 99.0 Å². The van der Waals surface area contributed by atoms with Crippen molar-refractivity contribution in [3.8, 4) is 28.0 Å². The van der Waals surface area contributed by atoms with E-state index in [4.69, 9.17) is 6.57 Å². The van der Waals surface area contributed by atoms with Gasteiger partial charge in [0.1, 0.15) is 17.7 Å². The minimum atomic E-state index is -0.175. The van der Waals surface area contributed by atoms with E-state index in [2.05, 4.69) is 17.0 Å². The second-order valence-corrected chi connectivity index (χ2v) is 18.0. The molecule has 6 nitrogen and oxygen atoms in total. The number of carbonyl (C=O) groups excluding carboxylic acids is 2. The number of allylic oxidation sites excluding steroid dienone is 6. The van der Waals surface area contributed by atoms with E-state index < -0.39 is 0 Å². The van der Waals surface area contributed by atoms with Crippen LogP contribution in [0.4, 0.5) is 0 Å².